The first kappa shape index (κ1) is 20.5. The first-order valence-electron chi connectivity index (χ1n) is 9.51. The lowest BCUT2D eigenvalue weighted by Crippen LogP contribution is -2.42. The second kappa shape index (κ2) is 7.66. The summed E-state index contributed by atoms with van der Waals surface area (Å²) < 4.78 is 30.5. The molecule has 1 aliphatic rings. The van der Waals surface area contributed by atoms with Crippen molar-refractivity contribution in [2.24, 2.45) is 5.92 Å². The molecule has 2 heterocycles. The summed E-state index contributed by atoms with van der Waals surface area (Å²) in [6.45, 7) is 9.57. The van der Waals surface area contributed by atoms with Crippen molar-refractivity contribution in [3.63, 3.8) is 0 Å². The highest BCUT2D eigenvalue weighted by Gasteiger charge is 2.30. The van der Waals surface area contributed by atoms with Gasteiger partial charge in [-0.3, -0.25) is 4.79 Å². The van der Waals surface area contributed by atoms with Crippen LogP contribution in [0.4, 0.5) is 0 Å². The quantitative estimate of drug-likeness (QED) is 0.776. The number of carbonyl (C=O) groups excluding carboxylic acids is 1. The Bertz CT molecular complexity index is 943. The maximum atomic E-state index is 12.6. The van der Waals surface area contributed by atoms with Crippen molar-refractivity contribution in [1.82, 2.24) is 15.1 Å². The minimum Gasteiger partial charge on any atom is -0.408 e. The predicted molar refractivity (Wildman–Crippen MR) is 105 cm³/mol. The second-order valence-corrected chi connectivity index (χ2v) is 10.4. The van der Waals surface area contributed by atoms with Crippen LogP contribution < -0.4 is 0 Å². The summed E-state index contributed by atoms with van der Waals surface area (Å²) in [6, 6.07) is 7.55. The molecule has 1 aliphatic heterocycles. The number of rotatable bonds is 4. The first-order chi connectivity index (χ1) is 13.1. The highest BCUT2D eigenvalue weighted by Crippen LogP contribution is 2.26. The maximum absolute atomic E-state index is 12.6. The van der Waals surface area contributed by atoms with Gasteiger partial charge in [0, 0.05) is 18.7 Å². The number of piperidine rings is 1. The zero-order valence-electron chi connectivity index (χ0n) is 16.8. The molecular formula is C20H27N3O4S. The Morgan fingerprint density at radius 3 is 2.50 bits per heavy atom. The summed E-state index contributed by atoms with van der Waals surface area (Å²) in [6.07, 6.45) is 1.94. The van der Waals surface area contributed by atoms with Crippen LogP contribution in [0.5, 0.6) is 0 Å². The number of hydrogen-bond donors (Lipinski definition) is 0. The van der Waals surface area contributed by atoms with Gasteiger partial charge in [-0.05, 0) is 41.9 Å². The van der Waals surface area contributed by atoms with Crippen molar-refractivity contribution >= 4 is 15.7 Å². The normalized spacial score (nSPS) is 18.3. The molecule has 1 saturated heterocycles. The fourth-order valence-corrected chi connectivity index (χ4v) is 4.30. The summed E-state index contributed by atoms with van der Waals surface area (Å²) >= 11 is 0. The topological polar surface area (TPSA) is 93.4 Å². The summed E-state index contributed by atoms with van der Waals surface area (Å²) in [5, 5.41) is 7.02. The Morgan fingerprint density at radius 1 is 1.21 bits per heavy atom. The molecule has 3 rings (SSSR count). The number of hydrogen-bond acceptors (Lipinski definition) is 6. The summed E-state index contributed by atoms with van der Waals surface area (Å²) in [5.74, 6) is -0.560. The molecule has 1 fully saturated rings. The molecule has 28 heavy (non-hydrogen) atoms. The van der Waals surface area contributed by atoms with Crippen molar-refractivity contribution in [2.75, 3.05) is 18.8 Å². The van der Waals surface area contributed by atoms with E-state index in [4.69, 9.17) is 4.42 Å². The van der Waals surface area contributed by atoms with E-state index < -0.39 is 26.7 Å². The van der Waals surface area contributed by atoms with Crippen LogP contribution in [-0.4, -0.2) is 48.3 Å². The average Bonchev–Trinajstić information content (AvgIpc) is 3.12. The molecule has 0 aliphatic carbocycles. The van der Waals surface area contributed by atoms with Gasteiger partial charge in [0.25, 0.3) is 0 Å². The van der Waals surface area contributed by atoms with Crippen LogP contribution >= 0.6 is 0 Å². The van der Waals surface area contributed by atoms with Crippen LogP contribution in [-0.2, 0) is 20.0 Å². The molecule has 0 bridgehead atoms. The molecule has 0 saturated carbocycles. The predicted octanol–water partition coefficient (Wildman–Crippen LogP) is 3.07. The fourth-order valence-electron chi connectivity index (χ4n) is 3.30. The molecule has 2 aromatic rings. The van der Waals surface area contributed by atoms with E-state index in [2.05, 4.69) is 37.9 Å². The number of benzene rings is 1. The molecule has 0 radical (unpaired) electrons. The molecular weight excluding hydrogens is 378 g/mol. The van der Waals surface area contributed by atoms with Gasteiger partial charge in [0.05, 0.1) is 0 Å². The van der Waals surface area contributed by atoms with E-state index in [1.54, 1.807) is 4.90 Å². The average molecular weight is 406 g/mol. The summed E-state index contributed by atoms with van der Waals surface area (Å²) in [5.41, 5.74) is 1.79. The van der Waals surface area contributed by atoms with Crippen molar-refractivity contribution in [1.29, 1.82) is 0 Å². The molecule has 152 valence electrons. The van der Waals surface area contributed by atoms with Crippen LogP contribution in [0.25, 0.3) is 11.5 Å². The molecule has 0 spiro atoms. The van der Waals surface area contributed by atoms with Crippen molar-refractivity contribution < 1.29 is 17.6 Å². The maximum Gasteiger partial charge on any atom is 0.336 e. The largest absolute Gasteiger partial charge is 0.408 e. The van der Waals surface area contributed by atoms with Crippen LogP contribution in [0, 0.1) is 5.92 Å². The van der Waals surface area contributed by atoms with E-state index in [1.807, 2.05) is 24.3 Å². The van der Waals surface area contributed by atoms with Gasteiger partial charge >= 0.3 is 5.22 Å². The number of nitrogens with zero attached hydrogens (tertiary/aromatic N) is 3. The molecule has 1 amide bonds. The number of aromatic nitrogens is 2. The standard InChI is InChI=1S/C20H27N3O4S/c1-14-6-5-11-23(12-14)17(24)13-28(25,26)19-22-21-18(27-19)15-7-9-16(10-8-15)20(2,3)4/h7-10,14H,5-6,11-13H2,1-4H3. The lowest BCUT2D eigenvalue weighted by Gasteiger charge is -2.30. The smallest absolute Gasteiger partial charge is 0.336 e. The van der Waals surface area contributed by atoms with E-state index in [-0.39, 0.29) is 11.3 Å². The van der Waals surface area contributed by atoms with Crippen molar-refractivity contribution in [3.8, 4) is 11.5 Å². The first-order valence-corrected chi connectivity index (χ1v) is 11.2. The van der Waals surface area contributed by atoms with E-state index in [1.165, 1.54) is 0 Å². The summed E-state index contributed by atoms with van der Waals surface area (Å²) in [4.78, 5) is 14.0. The van der Waals surface area contributed by atoms with E-state index >= 15 is 0 Å². The van der Waals surface area contributed by atoms with Gasteiger partial charge in [0.2, 0.25) is 21.6 Å². The number of amides is 1. The van der Waals surface area contributed by atoms with Crippen molar-refractivity contribution in [3.05, 3.63) is 29.8 Å². The third-order valence-corrected chi connectivity index (χ3v) is 6.32. The SMILES string of the molecule is CC1CCCN(C(=O)CS(=O)(=O)c2nnc(-c3ccc(C(C)(C)C)cc3)o2)C1. The Kier molecular flexibility index (Phi) is 5.61. The van der Waals surface area contributed by atoms with Gasteiger partial charge < -0.3 is 9.32 Å². The molecule has 1 aromatic heterocycles. The third-order valence-electron chi connectivity index (χ3n) is 4.99. The zero-order chi connectivity index (χ0) is 20.5. The minimum atomic E-state index is -3.98. The highest BCUT2D eigenvalue weighted by atomic mass is 32.2. The van der Waals surface area contributed by atoms with E-state index in [0.717, 1.165) is 18.4 Å². The fraction of sp³-hybridized carbons (Fsp3) is 0.550. The summed E-state index contributed by atoms with van der Waals surface area (Å²) in [7, 11) is -3.98. The third kappa shape index (κ3) is 4.60. The Morgan fingerprint density at radius 2 is 1.89 bits per heavy atom. The van der Waals surface area contributed by atoms with Gasteiger partial charge in [-0.2, -0.15) is 0 Å². The lowest BCUT2D eigenvalue weighted by molar-refractivity contribution is -0.130. The van der Waals surface area contributed by atoms with E-state index in [9.17, 15) is 13.2 Å². The number of sulfone groups is 1. The monoisotopic (exact) mass is 405 g/mol. The minimum absolute atomic E-state index is 0.00812. The van der Waals surface area contributed by atoms with Crippen LogP contribution in [0.15, 0.2) is 33.9 Å². The second-order valence-electron chi connectivity index (χ2n) is 8.55. The molecule has 1 atom stereocenters. The molecule has 1 aromatic carbocycles. The lowest BCUT2D eigenvalue weighted by atomic mass is 9.87. The zero-order valence-corrected chi connectivity index (χ0v) is 17.6. The molecule has 1 unspecified atom stereocenters. The number of carbonyl (C=O) groups is 1. The van der Waals surface area contributed by atoms with Crippen LogP contribution in [0.3, 0.4) is 0 Å². The van der Waals surface area contributed by atoms with Gasteiger partial charge in [0.1, 0.15) is 5.75 Å². The van der Waals surface area contributed by atoms with Crippen molar-refractivity contribution in [2.45, 2.75) is 51.2 Å². The van der Waals surface area contributed by atoms with E-state index in [0.29, 0.717) is 24.6 Å². The van der Waals surface area contributed by atoms with Gasteiger partial charge in [-0.1, -0.05) is 44.9 Å². The highest BCUT2D eigenvalue weighted by molar-refractivity contribution is 7.91. The van der Waals surface area contributed by atoms with Crippen LogP contribution in [0.2, 0.25) is 0 Å². The molecule has 7 nitrogen and oxygen atoms in total. The van der Waals surface area contributed by atoms with Gasteiger partial charge in [-0.25, -0.2) is 8.42 Å². The molecule has 0 N–H and O–H groups in total. The Hall–Kier alpha value is -2.22. The Balaban J connectivity index is 1.74. The molecule has 8 heteroatoms. The number of likely N-dealkylation sites (tertiary alicyclic amines) is 1. The van der Waals surface area contributed by atoms with Gasteiger partial charge in [0.15, 0.2) is 0 Å². The Labute approximate surface area is 166 Å². The van der Waals surface area contributed by atoms with Crippen LogP contribution in [0.1, 0.15) is 46.1 Å². The van der Waals surface area contributed by atoms with Gasteiger partial charge in [-0.15, -0.1) is 5.10 Å².